The number of benzene rings is 1. The summed E-state index contributed by atoms with van der Waals surface area (Å²) in [4.78, 5) is 0. The SMILES string of the molecule is CCCOc1ccc(CN)c(OCCC(C)(C)C)c1. The minimum atomic E-state index is 0.277. The van der Waals surface area contributed by atoms with Gasteiger partial charge in [-0.15, -0.1) is 0 Å². The highest BCUT2D eigenvalue weighted by Gasteiger charge is 2.11. The lowest BCUT2D eigenvalue weighted by Crippen LogP contribution is -2.12. The molecule has 0 unspecified atom stereocenters. The first kappa shape index (κ1) is 15.8. The number of nitrogens with two attached hydrogens (primary N) is 1. The second kappa shape index (κ2) is 7.39. The first-order valence-electron chi connectivity index (χ1n) is 7.05. The molecular formula is C16H27NO2. The predicted molar refractivity (Wildman–Crippen MR) is 79.7 cm³/mol. The van der Waals surface area contributed by atoms with Crippen LogP contribution in [0.3, 0.4) is 0 Å². The third-order valence-electron chi connectivity index (χ3n) is 2.84. The Balaban J connectivity index is 2.67. The molecule has 0 spiro atoms. The molecule has 1 aromatic carbocycles. The highest BCUT2D eigenvalue weighted by Crippen LogP contribution is 2.26. The van der Waals surface area contributed by atoms with Crippen LogP contribution < -0.4 is 15.2 Å². The Morgan fingerprint density at radius 2 is 1.84 bits per heavy atom. The average molecular weight is 265 g/mol. The molecule has 2 N–H and O–H groups in total. The van der Waals surface area contributed by atoms with Crippen LogP contribution in [0.4, 0.5) is 0 Å². The van der Waals surface area contributed by atoms with Gasteiger partial charge in [0.05, 0.1) is 13.2 Å². The Kier molecular flexibility index (Phi) is 6.16. The topological polar surface area (TPSA) is 44.5 Å². The summed E-state index contributed by atoms with van der Waals surface area (Å²) in [5, 5.41) is 0. The molecule has 0 fully saturated rings. The van der Waals surface area contributed by atoms with Gasteiger partial charge in [-0.25, -0.2) is 0 Å². The molecule has 1 rings (SSSR count). The van der Waals surface area contributed by atoms with Crippen LogP contribution in [0.15, 0.2) is 18.2 Å². The lowest BCUT2D eigenvalue weighted by molar-refractivity contribution is 0.239. The molecule has 0 aromatic heterocycles. The third-order valence-corrected chi connectivity index (χ3v) is 2.84. The van der Waals surface area contributed by atoms with E-state index in [4.69, 9.17) is 15.2 Å². The van der Waals surface area contributed by atoms with E-state index in [1.165, 1.54) is 0 Å². The lowest BCUT2D eigenvalue weighted by atomic mass is 9.93. The van der Waals surface area contributed by atoms with E-state index in [-0.39, 0.29) is 5.41 Å². The maximum atomic E-state index is 5.86. The zero-order valence-electron chi connectivity index (χ0n) is 12.7. The van der Waals surface area contributed by atoms with Gasteiger partial charge in [0.1, 0.15) is 11.5 Å². The van der Waals surface area contributed by atoms with Gasteiger partial charge in [0, 0.05) is 18.2 Å². The zero-order chi connectivity index (χ0) is 14.3. The summed E-state index contributed by atoms with van der Waals surface area (Å²) in [5.74, 6) is 1.70. The van der Waals surface area contributed by atoms with Gasteiger partial charge in [0.25, 0.3) is 0 Å². The molecule has 0 saturated carbocycles. The van der Waals surface area contributed by atoms with Crippen LogP contribution in [0, 0.1) is 5.41 Å². The van der Waals surface area contributed by atoms with Crippen molar-refractivity contribution in [3.8, 4) is 11.5 Å². The van der Waals surface area contributed by atoms with Crippen LogP contribution in [0.2, 0.25) is 0 Å². The van der Waals surface area contributed by atoms with Gasteiger partial charge in [-0.1, -0.05) is 33.8 Å². The fraction of sp³-hybridized carbons (Fsp3) is 0.625. The molecule has 1 aromatic rings. The van der Waals surface area contributed by atoms with Crippen LogP contribution >= 0.6 is 0 Å². The summed E-state index contributed by atoms with van der Waals surface area (Å²) in [7, 11) is 0. The van der Waals surface area contributed by atoms with Crippen LogP contribution in [0.25, 0.3) is 0 Å². The van der Waals surface area contributed by atoms with Crippen molar-refractivity contribution in [2.45, 2.75) is 47.1 Å². The normalized spacial score (nSPS) is 11.4. The summed E-state index contributed by atoms with van der Waals surface area (Å²) >= 11 is 0. The zero-order valence-corrected chi connectivity index (χ0v) is 12.7. The highest BCUT2D eigenvalue weighted by molar-refractivity contribution is 5.40. The van der Waals surface area contributed by atoms with E-state index in [2.05, 4.69) is 27.7 Å². The maximum absolute atomic E-state index is 5.86. The van der Waals surface area contributed by atoms with Gasteiger partial charge >= 0.3 is 0 Å². The summed E-state index contributed by atoms with van der Waals surface area (Å²) in [5.41, 5.74) is 7.04. The van der Waals surface area contributed by atoms with Gasteiger partial charge in [0.15, 0.2) is 0 Å². The molecule has 0 aliphatic heterocycles. The van der Waals surface area contributed by atoms with E-state index in [0.717, 1.165) is 36.5 Å². The van der Waals surface area contributed by atoms with E-state index in [0.29, 0.717) is 13.2 Å². The number of ether oxygens (including phenoxy) is 2. The molecule has 19 heavy (non-hydrogen) atoms. The monoisotopic (exact) mass is 265 g/mol. The van der Waals surface area contributed by atoms with E-state index in [1.807, 2.05) is 18.2 Å². The van der Waals surface area contributed by atoms with Crippen molar-refractivity contribution in [1.82, 2.24) is 0 Å². The van der Waals surface area contributed by atoms with Crippen molar-refractivity contribution in [3.63, 3.8) is 0 Å². The fourth-order valence-electron chi connectivity index (χ4n) is 1.61. The first-order valence-corrected chi connectivity index (χ1v) is 7.05. The Labute approximate surface area is 117 Å². The van der Waals surface area contributed by atoms with Gasteiger partial charge < -0.3 is 15.2 Å². The van der Waals surface area contributed by atoms with Crippen molar-refractivity contribution in [2.75, 3.05) is 13.2 Å². The van der Waals surface area contributed by atoms with Crippen molar-refractivity contribution in [2.24, 2.45) is 11.1 Å². The summed E-state index contributed by atoms with van der Waals surface area (Å²) < 4.78 is 11.5. The molecule has 3 nitrogen and oxygen atoms in total. The Bertz CT molecular complexity index is 383. The van der Waals surface area contributed by atoms with Crippen LogP contribution in [-0.4, -0.2) is 13.2 Å². The summed E-state index contributed by atoms with van der Waals surface area (Å²) in [6, 6.07) is 5.88. The van der Waals surface area contributed by atoms with Crippen molar-refractivity contribution in [1.29, 1.82) is 0 Å². The van der Waals surface area contributed by atoms with Gasteiger partial charge in [-0.2, -0.15) is 0 Å². The quantitative estimate of drug-likeness (QED) is 0.816. The van der Waals surface area contributed by atoms with Gasteiger partial charge in [-0.05, 0) is 24.3 Å². The minimum absolute atomic E-state index is 0.277. The molecule has 0 aliphatic rings. The second-order valence-corrected chi connectivity index (χ2v) is 5.98. The van der Waals surface area contributed by atoms with Crippen molar-refractivity contribution < 1.29 is 9.47 Å². The van der Waals surface area contributed by atoms with Crippen LogP contribution in [-0.2, 0) is 6.54 Å². The average Bonchev–Trinajstić information content (AvgIpc) is 2.35. The lowest BCUT2D eigenvalue weighted by Gasteiger charge is -2.19. The standard InChI is InChI=1S/C16H27NO2/c1-5-9-18-14-7-6-13(12-17)15(11-14)19-10-8-16(2,3)4/h6-7,11H,5,8-10,12,17H2,1-4H3. The highest BCUT2D eigenvalue weighted by atomic mass is 16.5. The summed E-state index contributed by atoms with van der Waals surface area (Å²) in [6.07, 6.45) is 2.01. The molecule has 0 amide bonds. The molecule has 108 valence electrons. The largest absolute Gasteiger partial charge is 0.493 e. The predicted octanol–water partition coefficient (Wildman–Crippen LogP) is 3.75. The number of hydrogen-bond acceptors (Lipinski definition) is 3. The fourth-order valence-corrected chi connectivity index (χ4v) is 1.61. The number of rotatable bonds is 7. The van der Waals surface area contributed by atoms with E-state index in [1.54, 1.807) is 0 Å². The minimum Gasteiger partial charge on any atom is -0.493 e. The van der Waals surface area contributed by atoms with Crippen LogP contribution in [0.1, 0.15) is 46.1 Å². The maximum Gasteiger partial charge on any atom is 0.127 e. The van der Waals surface area contributed by atoms with Crippen molar-refractivity contribution in [3.05, 3.63) is 23.8 Å². The van der Waals surface area contributed by atoms with Gasteiger partial charge in [-0.3, -0.25) is 0 Å². The number of hydrogen-bond donors (Lipinski definition) is 1. The second-order valence-electron chi connectivity index (χ2n) is 5.98. The Morgan fingerprint density at radius 1 is 1.11 bits per heavy atom. The molecule has 0 atom stereocenters. The van der Waals surface area contributed by atoms with E-state index < -0.39 is 0 Å². The molecule has 0 heterocycles. The molecule has 0 saturated heterocycles. The molecule has 0 bridgehead atoms. The van der Waals surface area contributed by atoms with E-state index in [9.17, 15) is 0 Å². The smallest absolute Gasteiger partial charge is 0.127 e. The van der Waals surface area contributed by atoms with Crippen LogP contribution in [0.5, 0.6) is 11.5 Å². The first-order chi connectivity index (χ1) is 8.96. The summed E-state index contributed by atoms with van der Waals surface area (Å²) in [6.45, 7) is 10.6. The third kappa shape index (κ3) is 5.97. The molecular weight excluding hydrogens is 238 g/mol. The van der Waals surface area contributed by atoms with Gasteiger partial charge in [0.2, 0.25) is 0 Å². The molecule has 0 aliphatic carbocycles. The molecule has 0 radical (unpaired) electrons. The van der Waals surface area contributed by atoms with E-state index >= 15 is 0 Å². The Morgan fingerprint density at radius 3 is 2.42 bits per heavy atom. The Hall–Kier alpha value is -1.22. The molecule has 3 heteroatoms. The van der Waals surface area contributed by atoms with Crippen molar-refractivity contribution >= 4 is 0 Å².